The van der Waals surface area contributed by atoms with E-state index < -0.39 is 5.97 Å². The first kappa shape index (κ1) is 26.4. The van der Waals surface area contributed by atoms with Gasteiger partial charge in [-0.3, -0.25) is 0 Å². The third-order valence-corrected chi connectivity index (χ3v) is 5.05. The van der Waals surface area contributed by atoms with Crippen LogP contribution in [0.25, 0.3) is 0 Å². The first-order valence-corrected chi connectivity index (χ1v) is 11.2. The molecule has 27 heavy (non-hydrogen) atoms. The van der Waals surface area contributed by atoms with Gasteiger partial charge in [0.1, 0.15) is 0 Å². The Labute approximate surface area is 169 Å². The molecule has 0 rings (SSSR count). The fourth-order valence-electron chi connectivity index (χ4n) is 3.65. The van der Waals surface area contributed by atoms with E-state index in [-0.39, 0.29) is 5.41 Å². The lowest BCUT2D eigenvalue weighted by atomic mass is 9.77. The highest BCUT2D eigenvalue weighted by Gasteiger charge is 2.51. The lowest BCUT2D eigenvalue weighted by molar-refractivity contribution is -0.427. The summed E-state index contributed by atoms with van der Waals surface area (Å²) in [7, 11) is 0. The largest absolute Gasteiger partial charge is 0.502 e. The second kappa shape index (κ2) is 16.4. The van der Waals surface area contributed by atoms with Crippen molar-refractivity contribution < 1.29 is 18.9 Å². The maximum Gasteiger partial charge on any atom is 0.288 e. The topological polar surface area (TPSA) is 36.9 Å². The molecule has 0 aromatic rings. The highest BCUT2D eigenvalue weighted by atomic mass is 16.9. The zero-order chi connectivity index (χ0) is 20.4. The van der Waals surface area contributed by atoms with Gasteiger partial charge in [-0.25, -0.2) is 0 Å². The van der Waals surface area contributed by atoms with Gasteiger partial charge in [0.15, 0.2) is 0 Å². The van der Waals surface area contributed by atoms with E-state index >= 15 is 0 Å². The zero-order valence-corrected chi connectivity index (χ0v) is 19.0. The van der Waals surface area contributed by atoms with Crippen molar-refractivity contribution in [3.63, 3.8) is 0 Å². The van der Waals surface area contributed by atoms with Gasteiger partial charge in [0.2, 0.25) is 0 Å². The molecule has 4 heteroatoms. The van der Waals surface area contributed by atoms with E-state index in [1.807, 2.05) is 33.8 Å². The van der Waals surface area contributed by atoms with Crippen molar-refractivity contribution in [2.75, 3.05) is 26.4 Å². The van der Waals surface area contributed by atoms with Crippen LogP contribution in [0.4, 0.5) is 0 Å². The summed E-state index contributed by atoms with van der Waals surface area (Å²) in [6.45, 7) is 14.9. The van der Waals surface area contributed by atoms with Crippen LogP contribution in [0.2, 0.25) is 0 Å². The molecule has 0 saturated carbocycles. The van der Waals surface area contributed by atoms with Gasteiger partial charge >= 0.3 is 0 Å². The van der Waals surface area contributed by atoms with Gasteiger partial charge in [-0.2, -0.15) is 0 Å². The van der Waals surface area contributed by atoms with Crippen molar-refractivity contribution in [1.29, 1.82) is 0 Å². The molecule has 0 aliphatic carbocycles. The standard InChI is InChI=1S/C23H46O4/c1-7-12-13-14-15-16-18-22(6,19-17-21-24-20-8-2)23(25-9-3,26-10-4)27-11-5/h8,20H,7,9-19,21H2,1-6H3/t22-/m1/s1. The van der Waals surface area contributed by atoms with Gasteiger partial charge in [0, 0.05) is 25.2 Å². The minimum atomic E-state index is -0.977. The molecule has 0 saturated heterocycles. The van der Waals surface area contributed by atoms with Crippen LogP contribution in [0.15, 0.2) is 12.3 Å². The molecule has 0 aromatic heterocycles. The molecule has 4 nitrogen and oxygen atoms in total. The number of ether oxygens (including phenoxy) is 4. The Hall–Kier alpha value is -0.580. The number of hydrogen-bond acceptors (Lipinski definition) is 4. The molecule has 0 radical (unpaired) electrons. The Morgan fingerprint density at radius 2 is 1.22 bits per heavy atom. The number of unbranched alkanes of at least 4 members (excludes halogenated alkanes) is 5. The Kier molecular flexibility index (Phi) is 16.0. The van der Waals surface area contributed by atoms with Crippen LogP contribution in [-0.4, -0.2) is 32.4 Å². The second-order valence-electron chi connectivity index (χ2n) is 7.38. The summed E-state index contributed by atoms with van der Waals surface area (Å²) in [4.78, 5) is 0. The van der Waals surface area contributed by atoms with Crippen molar-refractivity contribution in [2.45, 2.75) is 105 Å². The molecule has 0 fully saturated rings. The summed E-state index contributed by atoms with van der Waals surface area (Å²) >= 11 is 0. The molecule has 0 spiro atoms. The van der Waals surface area contributed by atoms with Crippen LogP contribution >= 0.6 is 0 Å². The second-order valence-corrected chi connectivity index (χ2v) is 7.38. The molecule has 0 aromatic carbocycles. The van der Waals surface area contributed by atoms with Gasteiger partial charge in [-0.05, 0) is 47.0 Å². The zero-order valence-electron chi connectivity index (χ0n) is 19.0. The van der Waals surface area contributed by atoms with Gasteiger partial charge < -0.3 is 18.9 Å². The summed E-state index contributed by atoms with van der Waals surface area (Å²) in [5, 5.41) is 0. The van der Waals surface area contributed by atoms with Crippen LogP contribution in [-0.2, 0) is 18.9 Å². The van der Waals surface area contributed by atoms with Crippen molar-refractivity contribution in [1.82, 2.24) is 0 Å². The van der Waals surface area contributed by atoms with Crippen molar-refractivity contribution in [3.8, 4) is 0 Å². The predicted octanol–water partition coefficient (Wildman–Crippen LogP) is 6.84. The fourth-order valence-corrected chi connectivity index (χ4v) is 3.65. The van der Waals surface area contributed by atoms with Gasteiger partial charge in [0.25, 0.3) is 5.97 Å². The third-order valence-electron chi connectivity index (χ3n) is 5.05. The molecule has 1 atom stereocenters. The van der Waals surface area contributed by atoms with Crippen LogP contribution in [0.3, 0.4) is 0 Å². The Balaban J connectivity index is 5.10. The molecule has 162 valence electrons. The summed E-state index contributed by atoms with van der Waals surface area (Å²) in [6.07, 6.45) is 14.3. The lowest BCUT2D eigenvalue weighted by Crippen LogP contribution is -2.53. The third kappa shape index (κ3) is 9.96. The summed E-state index contributed by atoms with van der Waals surface area (Å²) in [5.41, 5.74) is -0.209. The summed E-state index contributed by atoms with van der Waals surface area (Å²) in [6, 6.07) is 0. The van der Waals surface area contributed by atoms with E-state index in [1.54, 1.807) is 6.26 Å². The van der Waals surface area contributed by atoms with Crippen molar-refractivity contribution in [2.24, 2.45) is 5.41 Å². The summed E-state index contributed by atoms with van der Waals surface area (Å²) in [5.74, 6) is -0.977. The van der Waals surface area contributed by atoms with Crippen molar-refractivity contribution in [3.05, 3.63) is 12.3 Å². The Bertz CT molecular complexity index is 339. The molecular weight excluding hydrogens is 340 g/mol. The van der Waals surface area contributed by atoms with E-state index in [9.17, 15) is 0 Å². The van der Waals surface area contributed by atoms with Crippen LogP contribution in [0.5, 0.6) is 0 Å². The maximum atomic E-state index is 6.15. The molecular formula is C23H46O4. The number of allylic oxidation sites excluding steroid dienone is 1. The van der Waals surface area contributed by atoms with Crippen LogP contribution in [0.1, 0.15) is 99.3 Å². The fraction of sp³-hybridized carbons (Fsp3) is 0.913. The Morgan fingerprint density at radius 1 is 0.704 bits per heavy atom. The van der Waals surface area contributed by atoms with E-state index in [4.69, 9.17) is 18.9 Å². The highest BCUT2D eigenvalue weighted by molar-refractivity contribution is 4.86. The van der Waals surface area contributed by atoms with E-state index in [1.165, 1.54) is 38.5 Å². The molecule has 0 aliphatic rings. The molecule has 0 amide bonds. The first-order chi connectivity index (χ1) is 13.1. The highest BCUT2D eigenvalue weighted by Crippen LogP contribution is 2.45. The molecule has 0 unspecified atom stereocenters. The number of hydrogen-bond donors (Lipinski definition) is 0. The monoisotopic (exact) mass is 386 g/mol. The molecule has 0 bridgehead atoms. The summed E-state index contributed by atoms with van der Waals surface area (Å²) < 4.78 is 24.0. The smallest absolute Gasteiger partial charge is 0.288 e. The first-order valence-electron chi connectivity index (χ1n) is 11.2. The normalized spacial score (nSPS) is 14.6. The van der Waals surface area contributed by atoms with Crippen LogP contribution < -0.4 is 0 Å². The number of rotatable bonds is 19. The molecule has 0 N–H and O–H groups in total. The Morgan fingerprint density at radius 3 is 1.74 bits per heavy atom. The molecule has 0 heterocycles. The van der Waals surface area contributed by atoms with E-state index in [0.717, 1.165) is 19.3 Å². The average Bonchev–Trinajstić information content (AvgIpc) is 2.65. The average molecular weight is 387 g/mol. The van der Waals surface area contributed by atoms with Crippen molar-refractivity contribution >= 4 is 0 Å². The lowest BCUT2D eigenvalue weighted by Gasteiger charge is -2.47. The quantitative estimate of drug-likeness (QED) is 0.138. The predicted molar refractivity (Wildman–Crippen MR) is 114 cm³/mol. The van der Waals surface area contributed by atoms with Crippen LogP contribution in [0, 0.1) is 5.41 Å². The van der Waals surface area contributed by atoms with Gasteiger partial charge in [-0.1, -0.05) is 58.4 Å². The van der Waals surface area contributed by atoms with E-state index in [2.05, 4.69) is 13.8 Å². The minimum absolute atomic E-state index is 0.209. The SMILES string of the molecule is CC=COCCC[C@@](C)(CCCCCCCC)C(OCC)(OCC)OCC. The molecule has 0 aliphatic heterocycles. The van der Waals surface area contributed by atoms with Gasteiger partial charge in [-0.15, -0.1) is 0 Å². The minimum Gasteiger partial charge on any atom is -0.502 e. The maximum absolute atomic E-state index is 6.15. The van der Waals surface area contributed by atoms with E-state index in [0.29, 0.717) is 26.4 Å². The van der Waals surface area contributed by atoms with Gasteiger partial charge in [0.05, 0.1) is 12.9 Å².